The number of benzene rings is 2. The normalized spacial score (nSPS) is 14.6. The Hall–Kier alpha value is -3.16. The Morgan fingerprint density at radius 3 is 2.53 bits per heavy atom. The summed E-state index contributed by atoms with van der Waals surface area (Å²) in [5.74, 6) is -0.220. The highest BCUT2D eigenvalue weighted by Gasteiger charge is 2.22. The first-order valence-corrected chi connectivity index (χ1v) is 10.0. The van der Waals surface area contributed by atoms with Crippen molar-refractivity contribution in [2.24, 2.45) is 4.99 Å². The van der Waals surface area contributed by atoms with E-state index in [0.717, 1.165) is 23.7 Å². The summed E-state index contributed by atoms with van der Waals surface area (Å²) in [4.78, 5) is 20.3. The zero-order valence-electron chi connectivity index (χ0n) is 17.3. The molecule has 1 fully saturated rings. The molecule has 0 saturated carbocycles. The van der Waals surface area contributed by atoms with Crippen molar-refractivity contribution in [2.75, 3.05) is 44.7 Å². The van der Waals surface area contributed by atoms with Crippen LogP contribution in [0.2, 0.25) is 0 Å². The number of amides is 1. The summed E-state index contributed by atoms with van der Waals surface area (Å²) in [5.41, 5.74) is 1.89. The van der Waals surface area contributed by atoms with Crippen molar-refractivity contribution < 1.29 is 13.6 Å². The van der Waals surface area contributed by atoms with Gasteiger partial charge in [0.2, 0.25) is 0 Å². The van der Waals surface area contributed by atoms with Gasteiger partial charge in [-0.25, -0.2) is 8.78 Å². The first-order valence-electron chi connectivity index (χ1n) is 10.0. The van der Waals surface area contributed by atoms with Crippen molar-refractivity contribution >= 4 is 17.6 Å². The maximum Gasteiger partial charge on any atom is 0.251 e. The second-order valence-corrected chi connectivity index (χ2v) is 7.03. The Labute approximate surface area is 175 Å². The van der Waals surface area contributed by atoms with Crippen LogP contribution in [0.25, 0.3) is 0 Å². The zero-order chi connectivity index (χ0) is 21.5. The summed E-state index contributed by atoms with van der Waals surface area (Å²) in [7, 11) is 1.71. The van der Waals surface area contributed by atoms with Crippen LogP contribution < -0.4 is 15.5 Å². The van der Waals surface area contributed by atoms with Gasteiger partial charge in [-0.3, -0.25) is 9.79 Å². The molecule has 30 heavy (non-hydrogen) atoms. The Morgan fingerprint density at radius 1 is 1.07 bits per heavy atom. The molecule has 2 aromatic rings. The average Bonchev–Trinajstić information content (AvgIpc) is 2.77. The van der Waals surface area contributed by atoms with Crippen LogP contribution in [0, 0.1) is 11.6 Å². The lowest BCUT2D eigenvalue weighted by Gasteiger charge is -2.37. The molecule has 0 radical (unpaired) electrons. The van der Waals surface area contributed by atoms with E-state index in [0.29, 0.717) is 50.5 Å². The molecule has 3 rings (SSSR count). The highest BCUT2D eigenvalue weighted by atomic mass is 19.1. The minimum absolute atomic E-state index is 0.0931. The van der Waals surface area contributed by atoms with Gasteiger partial charge < -0.3 is 20.4 Å². The van der Waals surface area contributed by atoms with Gasteiger partial charge in [-0.05, 0) is 36.8 Å². The predicted octanol–water partition coefficient (Wildman–Crippen LogP) is 2.61. The quantitative estimate of drug-likeness (QED) is 0.582. The average molecular weight is 415 g/mol. The molecule has 2 aromatic carbocycles. The minimum atomic E-state index is -0.443. The van der Waals surface area contributed by atoms with Crippen LogP contribution in [0.4, 0.5) is 14.5 Å². The number of piperazine rings is 1. The molecular weight excluding hydrogens is 388 g/mol. The molecule has 0 aromatic heterocycles. The number of rotatable bonds is 5. The molecule has 8 heteroatoms. The number of anilines is 1. The second kappa shape index (κ2) is 10.0. The third kappa shape index (κ3) is 5.25. The summed E-state index contributed by atoms with van der Waals surface area (Å²) in [6, 6.07) is 11.0. The molecule has 1 aliphatic heterocycles. The molecule has 0 atom stereocenters. The van der Waals surface area contributed by atoms with Gasteiger partial charge in [-0.2, -0.15) is 0 Å². The lowest BCUT2D eigenvalue weighted by atomic mass is 10.1. The van der Waals surface area contributed by atoms with E-state index in [1.54, 1.807) is 13.1 Å². The van der Waals surface area contributed by atoms with E-state index in [1.165, 1.54) is 6.07 Å². The van der Waals surface area contributed by atoms with Crippen molar-refractivity contribution in [3.63, 3.8) is 0 Å². The summed E-state index contributed by atoms with van der Waals surface area (Å²) in [6.07, 6.45) is 0. The molecule has 1 amide bonds. The predicted molar refractivity (Wildman–Crippen MR) is 115 cm³/mol. The van der Waals surface area contributed by atoms with Gasteiger partial charge in [0.25, 0.3) is 5.91 Å². The lowest BCUT2D eigenvalue weighted by molar-refractivity contribution is 0.0955. The number of carbonyl (C=O) groups is 1. The molecule has 1 aliphatic rings. The maximum absolute atomic E-state index is 14.0. The highest BCUT2D eigenvalue weighted by molar-refractivity contribution is 5.94. The van der Waals surface area contributed by atoms with Crippen LogP contribution in [0.3, 0.4) is 0 Å². The SMILES string of the molecule is CCNC(=O)c1cccc(CNC(=NC)N2CCN(c3cc(F)ccc3F)CC2)c1. The molecular formula is C22H27F2N5O. The van der Waals surface area contributed by atoms with Gasteiger partial charge in [0, 0.05) is 57.9 Å². The number of hydrogen-bond acceptors (Lipinski definition) is 3. The van der Waals surface area contributed by atoms with E-state index < -0.39 is 11.6 Å². The molecule has 2 N–H and O–H groups in total. The van der Waals surface area contributed by atoms with E-state index in [-0.39, 0.29) is 5.91 Å². The van der Waals surface area contributed by atoms with Gasteiger partial charge in [-0.15, -0.1) is 0 Å². The number of carbonyl (C=O) groups excluding carboxylic acids is 1. The van der Waals surface area contributed by atoms with Gasteiger partial charge in [-0.1, -0.05) is 12.1 Å². The summed E-state index contributed by atoms with van der Waals surface area (Å²) < 4.78 is 27.5. The molecule has 160 valence electrons. The van der Waals surface area contributed by atoms with E-state index in [9.17, 15) is 13.6 Å². The van der Waals surface area contributed by atoms with Crippen molar-refractivity contribution in [3.8, 4) is 0 Å². The van der Waals surface area contributed by atoms with E-state index >= 15 is 0 Å². The van der Waals surface area contributed by atoms with Crippen LogP contribution in [-0.2, 0) is 6.54 Å². The standard InChI is InChI=1S/C22H27F2N5O/c1-3-26-21(30)17-6-4-5-16(13-17)15-27-22(25-2)29-11-9-28(10-12-29)20-14-18(23)7-8-19(20)24/h4-8,13-14H,3,9-12,15H2,1-2H3,(H,25,27)(H,26,30). The smallest absolute Gasteiger partial charge is 0.251 e. The fourth-order valence-corrected chi connectivity index (χ4v) is 3.49. The number of nitrogens with one attached hydrogen (secondary N) is 2. The molecule has 1 heterocycles. The third-order valence-corrected chi connectivity index (χ3v) is 5.02. The fourth-order valence-electron chi connectivity index (χ4n) is 3.49. The molecule has 0 aliphatic carbocycles. The van der Waals surface area contributed by atoms with Crippen LogP contribution in [0.5, 0.6) is 0 Å². The van der Waals surface area contributed by atoms with Crippen LogP contribution in [0.15, 0.2) is 47.5 Å². The Kier molecular flexibility index (Phi) is 7.21. The molecule has 1 saturated heterocycles. The number of nitrogens with zero attached hydrogens (tertiary/aromatic N) is 3. The third-order valence-electron chi connectivity index (χ3n) is 5.02. The Morgan fingerprint density at radius 2 is 1.83 bits per heavy atom. The topological polar surface area (TPSA) is 60.0 Å². The Bertz CT molecular complexity index is 910. The number of hydrogen-bond donors (Lipinski definition) is 2. The molecule has 0 bridgehead atoms. The van der Waals surface area contributed by atoms with Crippen LogP contribution in [0.1, 0.15) is 22.8 Å². The lowest BCUT2D eigenvalue weighted by Crippen LogP contribution is -2.52. The summed E-state index contributed by atoms with van der Waals surface area (Å²) in [6.45, 7) is 5.39. The molecule has 0 unspecified atom stereocenters. The first-order chi connectivity index (χ1) is 14.5. The maximum atomic E-state index is 14.0. The van der Waals surface area contributed by atoms with E-state index in [4.69, 9.17) is 0 Å². The van der Waals surface area contributed by atoms with Crippen LogP contribution >= 0.6 is 0 Å². The summed E-state index contributed by atoms with van der Waals surface area (Å²) in [5, 5.41) is 6.12. The minimum Gasteiger partial charge on any atom is -0.366 e. The van der Waals surface area contributed by atoms with Gasteiger partial charge in [0.1, 0.15) is 11.6 Å². The fraction of sp³-hybridized carbons (Fsp3) is 0.364. The zero-order valence-corrected chi connectivity index (χ0v) is 17.3. The molecule has 6 nitrogen and oxygen atoms in total. The van der Waals surface area contributed by atoms with Crippen molar-refractivity contribution in [3.05, 3.63) is 65.2 Å². The number of guanidine groups is 1. The monoisotopic (exact) mass is 415 g/mol. The first kappa shape index (κ1) is 21.5. The Balaban J connectivity index is 1.57. The number of halogens is 2. The van der Waals surface area contributed by atoms with E-state index in [1.807, 2.05) is 30.0 Å². The second-order valence-electron chi connectivity index (χ2n) is 7.03. The van der Waals surface area contributed by atoms with E-state index in [2.05, 4.69) is 20.5 Å². The van der Waals surface area contributed by atoms with Crippen molar-refractivity contribution in [1.29, 1.82) is 0 Å². The highest BCUT2D eigenvalue weighted by Crippen LogP contribution is 2.22. The molecule has 0 spiro atoms. The van der Waals surface area contributed by atoms with Gasteiger partial charge >= 0.3 is 0 Å². The van der Waals surface area contributed by atoms with Crippen LogP contribution in [-0.4, -0.2) is 56.5 Å². The van der Waals surface area contributed by atoms with Gasteiger partial charge in [0.05, 0.1) is 5.69 Å². The largest absolute Gasteiger partial charge is 0.366 e. The van der Waals surface area contributed by atoms with Crippen molar-refractivity contribution in [1.82, 2.24) is 15.5 Å². The van der Waals surface area contributed by atoms with Crippen molar-refractivity contribution in [2.45, 2.75) is 13.5 Å². The number of aliphatic imine (C=N–C) groups is 1. The summed E-state index contributed by atoms with van der Waals surface area (Å²) >= 11 is 0. The van der Waals surface area contributed by atoms with Gasteiger partial charge in [0.15, 0.2) is 5.96 Å².